The molecule has 0 spiro atoms. The zero-order chi connectivity index (χ0) is 17.8. The topological polar surface area (TPSA) is 110 Å². The van der Waals surface area contributed by atoms with E-state index in [1.165, 1.54) is 6.92 Å². The molecule has 0 bridgehead atoms. The summed E-state index contributed by atoms with van der Waals surface area (Å²) in [6.45, 7) is 9.51. The van der Waals surface area contributed by atoms with Gasteiger partial charge in [-0.1, -0.05) is 6.92 Å². The van der Waals surface area contributed by atoms with Crippen LogP contribution in [-0.2, 0) is 23.6 Å². The molecule has 0 heterocycles. The lowest BCUT2D eigenvalue weighted by Crippen LogP contribution is -2.42. The molecule has 0 aromatic heterocycles. The smallest absolute Gasteiger partial charge is 0.332 e. The van der Waals surface area contributed by atoms with Crippen LogP contribution in [0.1, 0.15) is 54.4 Å². The fourth-order valence-corrected chi connectivity index (χ4v) is 3.02. The maximum absolute atomic E-state index is 12.1. The Bertz CT molecular complexity index is 449. The lowest BCUT2D eigenvalue weighted by molar-refractivity contribution is -0.162. The average Bonchev–Trinajstić information content (AvgIpc) is 2.31. The van der Waals surface area contributed by atoms with E-state index in [9.17, 15) is 23.9 Å². The van der Waals surface area contributed by atoms with Gasteiger partial charge in [0, 0.05) is 0 Å². The summed E-state index contributed by atoms with van der Waals surface area (Å²) in [4.78, 5) is 43.3. The summed E-state index contributed by atoms with van der Waals surface area (Å²) in [5.41, 5.74) is -0.749. The molecule has 2 N–H and O–H groups in total. The molecule has 0 aliphatic rings. The average molecular weight is 338 g/mol. The predicted molar refractivity (Wildman–Crippen MR) is 81.3 cm³/mol. The highest BCUT2D eigenvalue weighted by Crippen LogP contribution is 2.57. The number of hydrogen-bond acceptors (Lipinski definition) is 5. The van der Waals surface area contributed by atoms with Gasteiger partial charge in [-0.25, -0.2) is 0 Å². The quantitative estimate of drug-likeness (QED) is 0.541. The Labute approximate surface area is 131 Å². The van der Waals surface area contributed by atoms with Gasteiger partial charge in [0.05, 0.1) is 24.1 Å². The number of hydrogen-bond donors (Lipinski definition) is 2. The Morgan fingerprint density at radius 2 is 1.64 bits per heavy atom. The first-order chi connectivity index (χ1) is 9.78. The summed E-state index contributed by atoms with van der Waals surface area (Å²) in [6.07, 6.45) is -0.422. The van der Waals surface area contributed by atoms with Crippen LogP contribution < -0.4 is 0 Å². The van der Waals surface area contributed by atoms with E-state index in [1.54, 1.807) is 34.6 Å². The lowest BCUT2D eigenvalue weighted by Gasteiger charge is -2.35. The summed E-state index contributed by atoms with van der Waals surface area (Å²) in [7, 11) is -4.64. The van der Waals surface area contributed by atoms with E-state index in [0.717, 1.165) is 0 Å². The molecule has 0 rings (SSSR count). The first kappa shape index (κ1) is 21.1. The molecule has 0 radical (unpaired) electrons. The summed E-state index contributed by atoms with van der Waals surface area (Å²) >= 11 is 0. The Morgan fingerprint density at radius 1 is 1.14 bits per heavy atom. The molecule has 0 aromatic rings. The van der Waals surface area contributed by atoms with Crippen LogP contribution in [0.25, 0.3) is 0 Å². The minimum absolute atomic E-state index is 0.0174. The molecule has 0 saturated carbocycles. The molecule has 0 fully saturated rings. The molecule has 2 unspecified atom stereocenters. The van der Waals surface area contributed by atoms with Crippen LogP contribution in [0.4, 0.5) is 0 Å². The van der Waals surface area contributed by atoms with Crippen LogP contribution in [-0.4, -0.2) is 39.1 Å². The highest BCUT2D eigenvalue weighted by atomic mass is 31.2. The van der Waals surface area contributed by atoms with Crippen LogP contribution in [0.5, 0.6) is 0 Å². The number of carbonyl (C=O) groups excluding carboxylic acids is 2. The van der Waals surface area contributed by atoms with Crippen molar-refractivity contribution in [3.05, 3.63) is 0 Å². The highest BCUT2D eigenvalue weighted by Gasteiger charge is 2.52. The first-order valence-electron chi connectivity index (χ1n) is 7.22. The molecule has 0 aromatic carbocycles. The third kappa shape index (κ3) is 5.71. The third-order valence-electron chi connectivity index (χ3n) is 3.49. The van der Waals surface area contributed by atoms with E-state index < -0.39 is 42.6 Å². The van der Waals surface area contributed by atoms with Crippen molar-refractivity contribution in [2.75, 3.05) is 6.61 Å². The van der Waals surface area contributed by atoms with E-state index in [1.807, 2.05) is 0 Å². The molecule has 0 aliphatic heterocycles. The largest absolute Gasteiger partial charge is 0.466 e. The van der Waals surface area contributed by atoms with Gasteiger partial charge in [0.2, 0.25) is 0 Å². The second-order valence-corrected chi connectivity index (χ2v) is 8.46. The number of rotatable bonds is 7. The van der Waals surface area contributed by atoms with Crippen LogP contribution in [0.3, 0.4) is 0 Å². The maximum atomic E-state index is 12.1. The fourth-order valence-electron chi connectivity index (χ4n) is 2.01. The van der Waals surface area contributed by atoms with Crippen LogP contribution in [0, 0.1) is 5.92 Å². The van der Waals surface area contributed by atoms with E-state index in [4.69, 9.17) is 9.47 Å². The maximum Gasteiger partial charge on any atom is 0.332 e. The Balaban J connectivity index is 5.52. The van der Waals surface area contributed by atoms with Gasteiger partial charge < -0.3 is 19.3 Å². The molecule has 2 atom stereocenters. The lowest BCUT2D eigenvalue weighted by atomic mass is 9.87. The highest BCUT2D eigenvalue weighted by molar-refractivity contribution is 7.53. The number of ether oxygens (including phenoxy) is 2. The minimum atomic E-state index is -4.64. The number of esters is 2. The SMILES string of the molecule is CCOC(=O)C(CC(=O)OC(C)(C)C)C(C)(CC)P(=O)(O)O. The zero-order valence-electron chi connectivity index (χ0n) is 14.1. The predicted octanol–water partition coefficient (Wildman–Crippen LogP) is 2.24. The molecular formula is C14H27O7P. The first-order valence-corrected chi connectivity index (χ1v) is 8.83. The van der Waals surface area contributed by atoms with Crippen molar-refractivity contribution in [3.8, 4) is 0 Å². The molecule has 130 valence electrons. The second-order valence-electron chi connectivity index (χ2n) is 6.35. The van der Waals surface area contributed by atoms with Gasteiger partial charge in [-0.3, -0.25) is 14.2 Å². The molecule has 0 saturated heterocycles. The van der Waals surface area contributed by atoms with Gasteiger partial charge in [-0.15, -0.1) is 0 Å². The molecular weight excluding hydrogens is 311 g/mol. The fraction of sp³-hybridized carbons (Fsp3) is 0.857. The van der Waals surface area contributed by atoms with Crippen LogP contribution >= 0.6 is 7.60 Å². The molecule has 7 nitrogen and oxygen atoms in total. The summed E-state index contributed by atoms with van der Waals surface area (Å²) in [6, 6.07) is 0. The monoisotopic (exact) mass is 338 g/mol. The van der Waals surface area contributed by atoms with Crippen molar-refractivity contribution in [1.82, 2.24) is 0 Å². The van der Waals surface area contributed by atoms with E-state index in [2.05, 4.69) is 0 Å². The van der Waals surface area contributed by atoms with Crippen molar-refractivity contribution in [3.63, 3.8) is 0 Å². The van der Waals surface area contributed by atoms with Crippen molar-refractivity contribution in [2.45, 2.75) is 65.1 Å². The summed E-state index contributed by atoms with van der Waals surface area (Å²) in [5, 5.41) is -1.68. The van der Waals surface area contributed by atoms with Crippen LogP contribution in [0.2, 0.25) is 0 Å². The van der Waals surface area contributed by atoms with E-state index in [-0.39, 0.29) is 13.0 Å². The Morgan fingerprint density at radius 3 is 1.95 bits per heavy atom. The Kier molecular flexibility index (Phi) is 7.26. The van der Waals surface area contributed by atoms with Crippen LogP contribution in [0.15, 0.2) is 0 Å². The minimum Gasteiger partial charge on any atom is -0.466 e. The molecule has 0 amide bonds. The van der Waals surface area contributed by atoms with Gasteiger partial charge in [0.25, 0.3) is 0 Å². The second kappa shape index (κ2) is 7.57. The zero-order valence-corrected chi connectivity index (χ0v) is 15.0. The number of carbonyl (C=O) groups is 2. The normalized spacial score (nSPS) is 16.5. The van der Waals surface area contributed by atoms with E-state index in [0.29, 0.717) is 0 Å². The van der Waals surface area contributed by atoms with Crippen molar-refractivity contribution >= 4 is 19.5 Å². The molecule has 8 heteroatoms. The van der Waals surface area contributed by atoms with Crippen molar-refractivity contribution in [2.24, 2.45) is 5.92 Å². The van der Waals surface area contributed by atoms with Crippen molar-refractivity contribution in [1.29, 1.82) is 0 Å². The summed E-state index contributed by atoms with van der Waals surface area (Å²) in [5.74, 6) is -2.77. The van der Waals surface area contributed by atoms with Gasteiger partial charge >= 0.3 is 19.5 Å². The standard InChI is InChI=1S/C14H27O7P/c1-7-14(6,22(17,18)19)10(12(16)20-8-2)9-11(15)21-13(3,4)5/h10H,7-9H2,1-6H3,(H2,17,18,19). The Hall–Kier alpha value is -0.910. The van der Waals surface area contributed by atoms with E-state index >= 15 is 0 Å². The molecule has 0 aliphatic carbocycles. The summed E-state index contributed by atoms with van der Waals surface area (Å²) < 4.78 is 21.9. The third-order valence-corrected chi connectivity index (χ3v) is 5.45. The van der Waals surface area contributed by atoms with Crippen molar-refractivity contribution < 1.29 is 33.4 Å². The van der Waals surface area contributed by atoms with Gasteiger partial charge in [0.15, 0.2) is 0 Å². The van der Waals surface area contributed by atoms with Gasteiger partial charge in [-0.05, 0) is 41.0 Å². The van der Waals surface area contributed by atoms with Gasteiger partial charge in [0.1, 0.15) is 5.60 Å². The molecule has 22 heavy (non-hydrogen) atoms. The van der Waals surface area contributed by atoms with Gasteiger partial charge in [-0.2, -0.15) is 0 Å².